The van der Waals surface area contributed by atoms with Crippen molar-refractivity contribution in [3.63, 3.8) is 0 Å². The highest BCUT2D eigenvalue weighted by Crippen LogP contribution is 2.23. The second kappa shape index (κ2) is 4.70. The van der Waals surface area contributed by atoms with Crippen LogP contribution >= 0.6 is 11.6 Å². The van der Waals surface area contributed by atoms with Crippen LogP contribution in [-0.2, 0) is 0 Å². The Morgan fingerprint density at radius 2 is 2.17 bits per heavy atom. The molecule has 0 aliphatic carbocycles. The molecule has 0 aliphatic heterocycles. The van der Waals surface area contributed by atoms with Crippen LogP contribution in [0.5, 0.6) is 5.75 Å². The summed E-state index contributed by atoms with van der Waals surface area (Å²) >= 11 is 5.70. The van der Waals surface area contributed by atoms with Gasteiger partial charge in [0.2, 0.25) is 0 Å². The van der Waals surface area contributed by atoms with Gasteiger partial charge in [-0.1, -0.05) is 11.6 Å². The third-order valence-corrected chi connectivity index (χ3v) is 2.92. The Bertz CT molecular complexity index is 607. The molecule has 5 nitrogen and oxygen atoms in total. The lowest BCUT2D eigenvalue weighted by Crippen LogP contribution is -2.13. The molecule has 18 heavy (non-hydrogen) atoms. The maximum atomic E-state index is 11.9. The summed E-state index contributed by atoms with van der Waals surface area (Å²) < 4.78 is 0. The van der Waals surface area contributed by atoms with Gasteiger partial charge in [-0.25, -0.2) is 0 Å². The first kappa shape index (κ1) is 12.4. The van der Waals surface area contributed by atoms with Gasteiger partial charge in [0.05, 0.1) is 5.56 Å². The van der Waals surface area contributed by atoms with E-state index in [0.717, 1.165) is 11.3 Å². The molecule has 2 aromatic rings. The average Bonchev–Trinajstić information content (AvgIpc) is 2.61. The Morgan fingerprint density at radius 3 is 2.72 bits per heavy atom. The molecule has 1 aromatic heterocycles. The lowest BCUT2D eigenvalue weighted by atomic mass is 10.2. The van der Waals surface area contributed by atoms with E-state index < -0.39 is 5.91 Å². The van der Waals surface area contributed by atoms with E-state index in [1.54, 1.807) is 6.07 Å². The summed E-state index contributed by atoms with van der Waals surface area (Å²) in [5.74, 6) is -0.143. The number of nitrogens with zero attached hydrogens (tertiary/aromatic N) is 1. The summed E-state index contributed by atoms with van der Waals surface area (Å²) in [5.41, 5.74) is 1.89. The van der Waals surface area contributed by atoms with Crippen molar-refractivity contribution in [3.05, 3.63) is 40.0 Å². The molecule has 1 heterocycles. The number of halogens is 1. The summed E-state index contributed by atoms with van der Waals surface area (Å²) in [6, 6.07) is 4.32. The number of amides is 1. The van der Waals surface area contributed by atoms with E-state index in [4.69, 9.17) is 11.6 Å². The number of carbonyl (C=O) groups is 1. The van der Waals surface area contributed by atoms with E-state index in [0.29, 0.717) is 10.8 Å². The van der Waals surface area contributed by atoms with Crippen LogP contribution in [0.15, 0.2) is 18.2 Å². The first-order valence-electron chi connectivity index (χ1n) is 5.30. The smallest absolute Gasteiger partial charge is 0.260 e. The van der Waals surface area contributed by atoms with Crippen LogP contribution in [0.2, 0.25) is 5.02 Å². The van der Waals surface area contributed by atoms with Crippen LogP contribution < -0.4 is 5.32 Å². The number of phenols is 1. The van der Waals surface area contributed by atoms with E-state index in [1.165, 1.54) is 12.1 Å². The first-order chi connectivity index (χ1) is 8.49. The zero-order valence-corrected chi connectivity index (χ0v) is 10.7. The average molecular weight is 266 g/mol. The molecule has 0 aliphatic rings. The molecule has 2 rings (SSSR count). The van der Waals surface area contributed by atoms with Crippen molar-refractivity contribution in [2.45, 2.75) is 13.8 Å². The number of hydrogen-bond acceptors (Lipinski definition) is 3. The van der Waals surface area contributed by atoms with Crippen LogP contribution in [0.4, 0.5) is 5.82 Å². The summed E-state index contributed by atoms with van der Waals surface area (Å²) in [6.07, 6.45) is 0. The van der Waals surface area contributed by atoms with E-state index in [1.807, 2.05) is 13.8 Å². The largest absolute Gasteiger partial charge is 0.507 e. The van der Waals surface area contributed by atoms with Crippen molar-refractivity contribution in [2.24, 2.45) is 0 Å². The van der Waals surface area contributed by atoms with Gasteiger partial charge in [0.25, 0.3) is 5.91 Å². The number of aryl methyl sites for hydroxylation is 1. The van der Waals surface area contributed by atoms with Gasteiger partial charge >= 0.3 is 0 Å². The molecule has 1 aromatic carbocycles. The van der Waals surface area contributed by atoms with E-state index in [9.17, 15) is 9.90 Å². The number of rotatable bonds is 2. The number of aromatic hydroxyl groups is 1. The lowest BCUT2D eigenvalue weighted by molar-refractivity contribution is 0.102. The van der Waals surface area contributed by atoms with Crippen molar-refractivity contribution in [3.8, 4) is 5.75 Å². The van der Waals surface area contributed by atoms with Gasteiger partial charge in [0.15, 0.2) is 5.82 Å². The van der Waals surface area contributed by atoms with Gasteiger partial charge < -0.3 is 10.4 Å². The molecule has 0 saturated heterocycles. The molecule has 0 saturated carbocycles. The van der Waals surface area contributed by atoms with Gasteiger partial charge in [-0.05, 0) is 32.0 Å². The third kappa shape index (κ3) is 2.31. The van der Waals surface area contributed by atoms with E-state index in [2.05, 4.69) is 15.5 Å². The zero-order chi connectivity index (χ0) is 13.3. The summed E-state index contributed by atoms with van der Waals surface area (Å²) in [7, 11) is 0. The summed E-state index contributed by atoms with van der Waals surface area (Å²) in [5, 5.41) is 19.4. The van der Waals surface area contributed by atoms with Crippen LogP contribution in [0, 0.1) is 13.8 Å². The van der Waals surface area contributed by atoms with Crippen molar-refractivity contribution >= 4 is 23.3 Å². The topological polar surface area (TPSA) is 78.0 Å². The second-order valence-corrected chi connectivity index (χ2v) is 4.37. The molecule has 0 fully saturated rings. The van der Waals surface area contributed by atoms with E-state index in [-0.39, 0.29) is 11.3 Å². The number of carbonyl (C=O) groups excluding carboxylic acids is 1. The third-order valence-electron chi connectivity index (χ3n) is 2.69. The quantitative estimate of drug-likeness (QED) is 0.781. The Hall–Kier alpha value is -2.01. The molecule has 0 bridgehead atoms. The maximum Gasteiger partial charge on any atom is 0.260 e. The highest BCUT2D eigenvalue weighted by Gasteiger charge is 2.14. The number of H-pyrrole nitrogens is 1. The Labute approximate surface area is 109 Å². The standard InChI is InChI=1S/C12H12ClN3O2/c1-6-7(2)15-16-11(6)14-12(18)9-4-3-8(13)5-10(9)17/h3-5,17H,1-2H3,(H2,14,15,16,18). The predicted octanol–water partition coefficient (Wildman–Crippen LogP) is 2.64. The molecule has 3 N–H and O–H groups in total. The second-order valence-electron chi connectivity index (χ2n) is 3.94. The highest BCUT2D eigenvalue weighted by atomic mass is 35.5. The SMILES string of the molecule is Cc1[nH]nc(NC(=O)c2ccc(Cl)cc2O)c1C. The number of benzene rings is 1. The van der Waals surface area contributed by atoms with Crippen LogP contribution in [0.25, 0.3) is 0 Å². The monoisotopic (exact) mass is 265 g/mol. The van der Waals surface area contributed by atoms with Gasteiger partial charge in [0, 0.05) is 16.3 Å². The Morgan fingerprint density at radius 1 is 1.44 bits per heavy atom. The molecule has 6 heteroatoms. The predicted molar refractivity (Wildman–Crippen MR) is 69.1 cm³/mol. The number of anilines is 1. The molecular weight excluding hydrogens is 254 g/mol. The minimum atomic E-state index is -0.432. The van der Waals surface area contributed by atoms with Crippen LogP contribution in [0.1, 0.15) is 21.6 Å². The fourth-order valence-electron chi connectivity index (χ4n) is 1.48. The van der Waals surface area contributed by atoms with Crippen molar-refractivity contribution in [1.82, 2.24) is 10.2 Å². The lowest BCUT2D eigenvalue weighted by Gasteiger charge is -2.05. The normalized spacial score (nSPS) is 10.4. The first-order valence-corrected chi connectivity index (χ1v) is 5.68. The molecular formula is C12H12ClN3O2. The van der Waals surface area contributed by atoms with Crippen LogP contribution in [0.3, 0.4) is 0 Å². The maximum absolute atomic E-state index is 11.9. The van der Waals surface area contributed by atoms with Crippen molar-refractivity contribution in [1.29, 1.82) is 0 Å². The molecule has 94 valence electrons. The van der Waals surface area contributed by atoms with Crippen LogP contribution in [-0.4, -0.2) is 21.2 Å². The minimum absolute atomic E-state index is 0.152. The molecule has 0 spiro atoms. The van der Waals surface area contributed by atoms with Gasteiger partial charge in [-0.3, -0.25) is 9.89 Å². The fourth-order valence-corrected chi connectivity index (χ4v) is 1.64. The molecule has 0 radical (unpaired) electrons. The highest BCUT2D eigenvalue weighted by molar-refractivity contribution is 6.30. The van der Waals surface area contributed by atoms with Gasteiger partial charge in [-0.2, -0.15) is 5.10 Å². The Balaban J connectivity index is 2.25. The summed E-state index contributed by atoms with van der Waals surface area (Å²) in [4.78, 5) is 11.9. The molecule has 0 atom stereocenters. The number of aromatic amines is 1. The van der Waals surface area contributed by atoms with Crippen molar-refractivity contribution in [2.75, 3.05) is 5.32 Å². The zero-order valence-electron chi connectivity index (χ0n) is 9.91. The van der Waals surface area contributed by atoms with E-state index >= 15 is 0 Å². The number of hydrogen-bond donors (Lipinski definition) is 3. The van der Waals surface area contributed by atoms with Gasteiger partial charge in [-0.15, -0.1) is 0 Å². The van der Waals surface area contributed by atoms with Gasteiger partial charge in [0.1, 0.15) is 5.75 Å². The number of nitrogens with one attached hydrogen (secondary N) is 2. The molecule has 0 unspecified atom stereocenters. The van der Waals surface area contributed by atoms with Crippen molar-refractivity contribution < 1.29 is 9.90 Å². The summed E-state index contributed by atoms with van der Waals surface area (Å²) in [6.45, 7) is 3.70. The fraction of sp³-hybridized carbons (Fsp3) is 0.167. The number of aromatic nitrogens is 2. The Kier molecular flexibility index (Phi) is 3.25. The minimum Gasteiger partial charge on any atom is -0.507 e. The molecule has 1 amide bonds. The number of phenolic OH excluding ortho intramolecular Hbond substituents is 1.